The predicted molar refractivity (Wildman–Crippen MR) is 87.5 cm³/mol. The molecular weight excluding hydrogens is 373 g/mol. The molecule has 0 aliphatic heterocycles. The average Bonchev–Trinajstić information content (AvgIpc) is 2.49. The highest BCUT2D eigenvalue weighted by Crippen LogP contribution is 2.26. The van der Waals surface area contributed by atoms with E-state index in [1.54, 1.807) is 13.0 Å². The highest BCUT2D eigenvalue weighted by atomic mass is 79.9. The molecule has 0 aromatic heterocycles. The number of nitrogens with one attached hydrogen (secondary N) is 1. The molecule has 116 valence electrons. The van der Waals surface area contributed by atoms with Crippen molar-refractivity contribution >= 4 is 33.4 Å². The molecule has 0 radical (unpaired) electrons. The average molecular weight is 387 g/mol. The third-order valence-electron chi connectivity index (χ3n) is 2.98. The number of carbonyl (C=O) groups excluding carboxylic acids is 1. The van der Waals surface area contributed by atoms with E-state index in [9.17, 15) is 9.18 Å². The maximum Gasteiger partial charge on any atom is 0.261 e. The lowest BCUT2D eigenvalue weighted by atomic mass is 10.2. The fourth-order valence-corrected chi connectivity index (χ4v) is 2.43. The van der Waals surface area contributed by atoms with Crippen LogP contribution in [0.3, 0.4) is 0 Å². The largest absolute Gasteiger partial charge is 0.480 e. The van der Waals surface area contributed by atoms with Gasteiger partial charge in [0.25, 0.3) is 5.91 Å². The molecule has 0 fully saturated rings. The molecule has 0 spiro atoms. The van der Waals surface area contributed by atoms with Gasteiger partial charge < -0.3 is 10.1 Å². The van der Waals surface area contributed by atoms with E-state index in [-0.39, 0.29) is 11.7 Å². The Morgan fingerprint density at radius 1 is 1.36 bits per heavy atom. The third-order valence-corrected chi connectivity index (χ3v) is 3.97. The van der Waals surface area contributed by atoms with Crippen LogP contribution in [0.25, 0.3) is 0 Å². The highest BCUT2D eigenvalue weighted by molar-refractivity contribution is 9.10. The summed E-state index contributed by atoms with van der Waals surface area (Å²) in [5, 5.41) is 3.35. The Kier molecular flexibility index (Phi) is 5.80. The molecular formula is C16H14BrClFNO2. The quantitative estimate of drug-likeness (QED) is 0.831. The van der Waals surface area contributed by atoms with Crippen molar-refractivity contribution in [3.8, 4) is 5.75 Å². The van der Waals surface area contributed by atoms with Crippen LogP contribution in [0.4, 0.5) is 4.39 Å². The van der Waals surface area contributed by atoms with Gasteiger partial charge in [-0.25, -0.2) is 4.39 Å². The van der Waals surface area contributed by atoms with Gasteiger partial charge in [-0.15, -0.1) is 0 Å². The minimum atomic E-state index is -0.718. The highest BCUT2D eigenvalue weighted by Gasteiger charge is 2.16. The van der Waals surface area contributed by atoms with Gasteiger partial charge in [-0.3, -0.25) is 4.79 Å². The Balaban J connectivity index is 1.93. The van der Waals surface area contributed by atoms with Crippen LogP contribution in [0.5, 0.6) is 5.75 Å². The van der Waals surface area contributed by atoms with E-state index >= 15 is 0 Å². The van der Waals surface area contributed by atoms with Crippen molar-refractivity contribution in [2.24, 2.45) is 0 Å². The maximum absolute atomic E-state index is 13.0. The summed E-state index contributed by atoms with van der Waals surface area (Å²) in [4.78, 5) is 12.0. The number of amides is 1. The Morgan fingerprint density at radius 2 is 2.09 bits per heavy atom. The SMILES string of the molecule is CC(Oc1ccc(F)cc1Br)C(=O)NCc1ccccc1Cl. The normalized spacial score (nSPS) is 11.8. The first kappa shape index (κ1) is 16.8. The molecule has 2 rings (SSSR count). The first-order valence-corrected chi connectivity index (χ1v) is 7.77. The number of rotatable bonds is 5. The molecule has 1 amide bonds. The van der Waals surface area contributed by atoms with E-state index in [0.717, 1.165) is 5.56 Å². The molecule has 0 aliphatic carbocycles. The number of halogens is 3. The number of benzene rings is 2. The molecule has 3 nitrogen and oxygen atoms in total. The van der Waals surface area contributed by atoms with Gasteiger partial charge in [0.1, 0.15) is 11.6 Å². The zero-order valence-corrected chi connectivity index (χ0v) is 14.1. The van der Waals surface area contributed by atoms with Crippen LogP contribution in [-0.4, -0.2) is 12.0 Å². The molecule has 0 aliphatic rings. The first-order valence-electron chi connectivity index (χ1n) is 6.60. The van der Waals surface area contributed by atoms with E-state index in [0.29, 0.717) is 21.8 Å². The molecule has 1 N–H and O–H groups in total. The van der Waals surface area contributed by atoms with Gasteiger partial charge in [-0.2, -0.15) is 0 Å². The third kappa shape index (κ3) is 4.45. The van der Waals surface area contributed by atoms with Crippen molar-refractivity contribution < 1.29 is 13.9 Å². The predicted octanol–water partition coefficient (Wildman–Crippen LogP) is 4.33. The topological polar surface area (TPSA) is 38.3 Å². The molecule has 6 heteroatoms. The number of hydrogen-bond acceptors (Lipinski definition) is 2. The van der Waals surface area contributed by atoms with Crippen LogP contribution in [0, 0.1) is 5.82 Å². The van der Waals surface area contributed by atoms with E-state index < -0.39 is 6.10 Å². The Labute approximate surface area is 141 Å². The zero-order valence-electron chi connectivity index (χ0n) is 11.8. The lowest BCUT2D eigenvalue weighted by Gasteiger charge is -2.16. The van der Waals surface area contributed by atoms with Crippen LogP contribution in [0.2, 0.25) is 5.02 Å². The summed E-state index contributed by atoms with van der Waals surface area (Å²) in [6.07, 6.45) is -0.718. The molecule has 0 bridgehead atoms. The van der Waals surface area contributed by atoms with Crippen LogP contribution in [0.15, 0.2) is 46.9 Å². The number of ether oxygens (including phenoxy) is 1. The van der Waals surface area contributed by atoms with E-state index in [4.69, 9.17) is 16.3 Å². The number of carbonyl (C=O) groups is 1. The molecule has 0 saturated heterocycles. The lowest BCUT2D eigenvalue weighted by molar-refractivity contribution is -0.127. The second kappa shape index (κ2) is 7.61. The smallest absolute Gasteiger partial charge is 0.261 e. The summed E-state index contributed by atoms with van der Waals surface area (Å²) in [5.41, 5.74) is 0.827. The molecule has 2 aromatic rings. The zero-order chi connectivity index (χ0) is 16.1. The second-order valence-corrected chi connectivity index (χ2v) is 5.91. The number of hydrogen-bond donors (Lipinski definition) is 1. The van der Waals surface area contributed by atoms with Crippen molar-refractivity contribution in [1.82, 2.24) is 5.32 Å². The van der Waals surface area contributed by atoms with E-state index in [1.807, 2.05) is 18.2 Å². The fourth-order valence-electron chi connectivity index (χ4n) is 1.78. The van der Waals surface area contributed by atoms with Gasteiger partial charge in [0.05, 0.1) is 4.47 Å². The molecule has 0 heterocycles. The summed E-state index contributed by atoms with van der Waals surface area (Å²) in [6, 6.07) is 11.3. The summed E-state index contributed by atoms with van der Waals surface area (Å²) in [7, 11) is 0. The Hall–Kier alpha value is -1.59. The summed E-state index contributed by atoms with van der Waals surface area (Å²) in [5.74, 6) is -0.256. The Bertz CT molecular complexity index is 681. The van der Waals surface area contributed by atoms with Crippen molar-refractivity contribution in [2.75, 3.05) is 0 Å². The maximum atomic E-state index is 13.0. The van der Waals surface area contributed by atoms with Gasteiger partial charge >= 0.3 is 0 Å². The first-order chi connectivity index (χ1) is 10.5. The summed E-state index contributed by atoms with van der Waals surface area (Å²) >= 11 is 9.22. The minimum Gasteiger partial charge on any atom is -0.480 e. The van der Waals surface area contributed by atoms with E-state index in [1.165, 1.54) is 18.2 Å². The van der Waals surface area contributed by atoms with Gasteiger partial charge in [-0.1, -0.05) is 29.8 Å². The van der Waals surface area contributed by atoms with Gasteiger partial charge in [0.2, 0.25) is 0 Å². The van der Waals surface area contributed by atoms with Crippen molar-refractivity contribution in [2.45, 2.75) is 19.6 Å². The van der Waals surface area contributed by atoms with Crippen molar-refractivity contribution in [3.63, 3.8) is 0 Å². The van der Waals surface area contributed by atoms with Crippen molar-refractivity contribution in [3.05, 3.63) is 63.3 Å². The molecule has 22 heavy (non-hydrogen) atoms. The van der Waals surface area contributed by atoms with Crippen LogP contribution in [-0.2, 0) is 11.3 Å². The lowest BCUT2D eigenvalue weighted by Crippen LogP contribution is -2.36. The summed E-state index contributed by atoms with van der Waals surface area (Å²) in [6.45, 7) is 1.94. The molecule has 2 aromatic carbocycles. The molecule has 1 unspecified atom stereocenters. The standard InChI is InChI=1S/C16H14BrClFNO2/c1-10(22-15-7-6-12(19)8-13(15)17)16(21)20-9-11-4-2-3-5-14(11)18/h2-8,10H,9H2,1H3,(H,20,21). The van der Waals surface area contributed by atoms with E-state index in [2.05, 4.69) is 21.2 Å². The molecule has 0 saturated carbocycles. The van der Waals surface area contributed by atoms with Crippen molar-refractivity contribution in [1.29, 1.82) is 0 Å². The van der Waals surface area contributed by atoms with Gasteiger partial charge in [0, 0.05) is 11.6 Å². The van der Waals surface area contributed by atoms with Crippen LogP contribution in [0.1, 0.15) is 12.5 Å². The summed E-state index contributed by atoms with van der Waals surface area (Å²) < 4.78 is 19.0. The minimum absolute atomic E-state index is 0.281. The monoisotopic (exact) mass is 385 g/mol. The fraction of sp³-hybridized carbons (Fsp3) is 0.188. The Morgan fingerprint density at radius 3 is 2.77 bits per heavy atom. The second-order valence-electron chi connectivity index (χ2n) is 4.64. The molecule has 1 atom stereocenters. The van der Waals surface area contributed by atoms with Gasteiger partial charge in [0.15, 0.2) is 6.10 Å². The van der Waals surface area contributed by atoms with Crippen LogP contribution < -0.4 is 10.1 Å². The van der Waals surface area contributed by atoms with Gasteiger partial charge in [-0.05, 0) is 52.7 Å². The van der Waals surface area contributed by atoms with Crippen LogP contribution >= 0.6 is 27.5 Å².